The number of anilines is 1. The molecule has 2 aromatic rings. The second-order valence-corrected chi connectivity index (χ2v) is 9.32. The molecule has 160 valence electrons. The number of nitrogens with zero attached hydrogens (tertiary/aromatic N) is 3. The SMILES string of the molecule is C=C/C=C(\C=C/C)S(=O)(=O)N1Cc2ccccc2N(Cc2cnc[nH]2)C(CCC)C1. The van der Waals surface area contributed by atoms with Gasteiger partial charge in [0.15, 0.2) is 0 Å². The zero-order chi connectivity index (χ0) is 21.6. The van der Waals surface area contributed by atoms with Gasteiger partial charge in [-0.25, -0.2) is 13.4 Å². The number of allylic oxidation sites excluding steroid dienone is 4. The van der Waals surface area contributed by atoms with Crippen molar-refractivity contribution in [3.05, 3.63) is 83.8 Å². The summed E-state index contributed by atoms with van der Waals surface area (Å²) in [7, 11) is -3.66. The number of hydrogen-bond donors (Lipinski definition) is 1. The average molecular weight is 427 g/mol. The van der Waals surface area contributed by atoms with Crippen LogP contribution in [-0.4, -0.2) is 35.3 Å². The molecular formula is C23H30N4O2S. The Bertz CT molecular complexity index is 1010. The van der Waals surface area contributed by atoms with Gasteiger partial charge in [-0.3, -0.25) is 0 Å². The molecule has 1 aliphatic rings. The summed E-state index contributed by atoms with van der Waals surface area (Å²) < 4.78 is 28.7. The number of hydrogen-bond acceptors (Lipinski definition) is 4. The lowest BCUT2D eigenvalue weighted by molar-refractivity contribution is 0.372. The third-order valence-electron chi connectivity index (χ3n) is 5.27. The molecule has 1 aromatic heterocycles. The lowest BCUT2D eigenvalue weighted by Gasteiger charge is -2.33. The second-order valence-electron chi connectivity index (χ2n) is 7.38. The van der Waals surface area contributed by atoms with Crippen LogP contribution in [0.4, 0.5) is 5.69 Å². The van der Waals surface area contributed by atoms with Crippen LogP contribution in [0, 0.1) is 0 Å². The number of benzene rings is 1. The fourth-order valence-electron chi connectivity index (χ4n) is 3.90. The van der Waals surface area contributed by atoms with Gasteiger partial charge in [-0.2, -0.15) is 4.31 Å². The van der Waals surface area contributed by atoms with Crippen molar-refractivity contribution in [2.75, 3.05) is 11.4 Å². The molecule has 0 saturated carbocycles. The molecule has 0 amide bonds. The maximum absolute atomic E-state index is 13.5. The van der Waals surface area contributed by atoms with E-state index in [-0.39, 0.29) is 10.9 Å². The molecular weight excluding hydrogens is 396 g/mol. The van der Waals surface area contributed by atoms with E-state index in [9.17, 15) is 8.42 Å². The first-order chi connectivity index (χ1) is 14.5. The van der Waals surface area contributed by atoms with Gasteiger partial charge in [0.1, 0.15) is 0 Å². The van der Waals surface area contributed by atoms with E-state index < -0.39 is 10.0 Å². The highest BCUT2D eigenvalue weighted by Gasteiger charge is 2.34. The average Bonchev–Trinajstić information content (AvgIpc) is 3.19. The molecule has 2 heterocycles. The molecule has 0 aliphatic carbocycles. The summed E-state index contributed by atoms with van der Waals surface area (Å²) in [4.78, 5) is 9.89. The number of sulfonamides is 1. The fourth-order valence-corrected chi connectivity index (χ4v) is 5.45. The predicted molar refractivity (Wildman–Crippen MR) is 122 cm³/mol. The number of para-hydroxylation sites is 1. The van der Waals surface area contributed by atoms with Crippen LogP contribution in [-0.2, 0) is 23.1 Å². The van der Waals surface area contributed by atoms with E-state index in [1.165, 1.54) is 6.08 Å². The van der Waals surface area contributed by atoms with Gasteiger partial charge in [0, 0.05) is 31.0 Å². The predicted octanol–water partition coefficient (Wildman–Crippen LogP) is 4.38. The summed E-state index contributed by atoms with van der Waals surface area (Å²) in [6.45, 7) is 9.04. The van der Waals surface area contributed by atoms with E-state index in [4.69, 9.17) is 0 Å². The number of nitrogens with one attached hydrogen (secondary N) is 1. The highest BCUT2D eigenvalue weighted by Crippen LogP contribution is 2.33. The van der Waals surface area contributed by atoms with Crippen molar-refractivity contribution in [2.45, 2.75) is 45.8 Å². The van der Waals surface area contributed by atoms with Gasteiger partial charge in [0.25, 0.3) is 0 Å². The van der Waals surface area contributed by atoms with Gasteiger partial charge >= 0.3 is 0 Å². The summed E-state index contributed by atoms with van der Waals surface area (Å²) >= 11 is 0. The molecule has 1 aromatic carbocycles. The standard InChI is InChI=1S/C23H30N4O2S/c1-4-9-21-17-26(30(28,29)22(10-5-2)11-6-3)15-19-12-7-8-13-23(19)27(21)16-20-14-24-18-25-20/h5-8,10-14,18,21H,2,4,9,15-17H2,1,3H3,(H,24,25)/b11-6-,22-10+. The molecule has 0 bridgehead atoms. The van der Waals surface area contributed by atoms with Crippen LogP contribution < -0.4 is 4.90 Å². The van der Waals surface area contributed by atoms with Crippen LogP contribution in [0.2, 0.25) is 0 Å². The third-order valence-corrected chi connectivity index (χ3v) is 7.10. The largest absolute Gasteiger partial charge is 0.361 e. The Kier molecular flexibility index (Phi) is 7.29. The van der Waals surface area contributed by atoms with E-state index in [1.54, 1.807) is 28.9 Å². The second kappa shape index (κ2) is 9.91. The molecule has 3 rings (SSSR count). The van der Waals surface area contributed by atoms with Crippen molar-refractivity contribution >= 4 is 15.7 Å². The minimum absolute atomic E-state index is 0.0484. The monoisotopic (exact) mass is 426 g/mol. The topological polar surface area (TPSA) is 69.3 Å². The first kappa shape index (κ1) is 22.1. The number of imidazole rings is 1. The molecule has 30 heavy (non-hydrogen) atoms. The number of aromatic amines is 1. The van der Waals surface area contributed by atoms with Gasteiger partial charge in [0.05, 0.1) is 23.5 Å². The van der Waals surface area contributed by atoms with Crippen LogP contribution in [0.1, 0.15) is 37.9 Å². The minimum Gasteiger partial charge on any atom is -0.361 e. The van der Waals surface area contributed by atoms with Crippen molar-refractivity contribution in [2.24, 2.45) is 0 Å². The quantitative estimate of drug-likeness (QED) is 0.636. The van der Waals surface area contributed by atoms with E-state index in [0.717, 1.165) is 29.8 Å². The normalized spacial score (nSPS) is 18.4. The Labute approximate surface area is 179 Å². The lowest BCUT2D eigenvalue weighted by Crippen LogP contribution is -2.43. The van der Waals surface area contributed by atoms with Gasteiger partial charge < -0.3 is 9.88 Å². The molecule has 1 aliphatic heterocycles. The Balaban J connectivity index is 2.06. The summed E-state index contributed by atoms with van der Waals surface area (Å²) in [5.41, 5.74) is 3.07. The zero-order valence-electron chi connectivity index (χ0n) is 17.7. The highest BCUT2D eigenvalue weighted by molar-refractivity contribution is 7.93. The molecule has 7 heteroatoms. The Morgan fingerprint density at radius 1 is 1.37 bits per heavy atom. The molecule has 1 unspecified atom stereocenters. The van der Waals surface area contributed by atoms with Gasteiger partial charge in [-0.15, -0.1) is 0 Å². The smallest absolute Gasteiger partial charge is 0.243 e. The van der Waals surface area contributed by atoms with Crippen LogP contribution in [0.5, 0.6) is 0 Å². The lowest BCUT2D eigenvalue weighted by atomic mass is 10.1. The van der Waals surface area contributed by atoms with E-state index in [0.29, 0.717) is 19.6 Å². The van der Waals surface area contributed by atoms with Crippen LogP contribution in [0.25, 0.3) is 0 Å². The van der Waals surface area contributed by atoms with Crippen molar-refractivity contribution in [3.63, 3.8) is 0 Å². The summed E-state index contributed by atoms with van der Waals surface area (Å²) in [6, 6.07) is 8.11. The van der Waals surface area contributed by atoms with Crippen molar-refractivity contribution in [3.8, 4) is 0 Å². The number of fused-ring (bicyclic) bond motifs is 1. The Hall–Kier alpha value is -2.64. The highest BCUT2D eigenvalue weighted by atomic mass is 32.2. The van der Waals surface area contributed by atoms with Gasteiger partial charge in [-0.05, 0) is 37.1 Å². The van der Waals surface area contributed by atoms with E-state index in [1.807, 2.05) is 31.3 Å². The van der Waals surface area contributed by atoms with Crippen LogP contribution in [0.3, 0.4) is 0 Å². The van der Waals surface area contributed by atoms with Gasteiger partial charge in [0.2, 0.25) is 10.0 Å². The fraction of sp³-hybridized carbons (Fsp3) is 0.348. The van der Waals surface area contributed by atoms with E-state index in [2.05, 4.69) is 34.4 Å². The van der Waals surface area contributed by atoms with Gasteiger partial charge in [-0.1, -0.05) is 50.3 Å². The molecule has 0 saturated heterocycles. The van der Waals surface area contributed by atoms with Crippen molar-refractivity contribution < 1.29 is 8.42 Å². The number of aromatic nitrogens is 2. The molecule has 6 nitrogen and oxygen atoms in total. The molecule has 0 fully saturated rings. The van der Waals surface area contributed by atoms with Crippen molar-refractivity contribution in [1.82, 2.24) is 14.3 Å². The number of H-pyrrole nitrogens is 1. The zero-order valence-corrected chi connectivity index (χ0v) is 18.5. The molecule has 0 spiro atoms. The van der Waals surface area contributed by atoms with Crippen LogP contribution >= 0.6 is 0 Å². The Morgan fingerprint density at radius 2 is 2.17 bits per heavy atom. The summed E-state index contributed by atoms with van der Waals surface area (Å²) in [5, 5.41) is 0. The molecule has 1 atom stereocenters. The van der Waals surface area contributed by atoms with E-state index >= 15 is 0 Å². The number of rotatable bonds is 8. The third kappa shape index (κ3) is 4.74. The Morgan fingerprint density at radius 3 is 2.83 bits per heavy atom. The van der Waals surface area contributed by atoms with Crippen LogP contribution in [0.15, 0.2) is 72.6 Å². The molecule has 1 N–H and O–H groups in total. The maximum Gasteiger partial charge on any atom is 0.243 e. The summed E-state index contributed by atoms with van der Waals surface area (Å²) in [6.07, 6.45) is 11.8. The summed E-state index contributed by atoms with van der Waals surface area (Å²) in [5.74, 6) is 0. The first-order valence-electron chi connectivity index (χ1n) is 10.3. The maximum atomic E-state index is 13.5. The van der Waals surface area contributed by atoms with Crippen molar-refractivity contribution in [1.29, 1.82) is 0 Å². The minimum atomic E-state index is -3.66. The molecule has 0 radical (unpaired) electrons. The first-order valence-corrected chi connectivity index (χ1v) is 11.7.